The second-order valence-corrected chi connectivity index (χ2v) is 5.24. The van der Waals surface area contributed by atoms with E-state index in [0.29, 0.717) is 13.0 Å². The molecule has 15 heavy (non-hydrogen) atoms. The van der Waals surface area contributed by atoms with Gasteiger partial charge in [0.2, 0.25) is 5.06 Å². The molecule has 5 nitrogen and oxygen atoms in total. The predicted molar refractivity (Wildman–Crippen MR) is 53.5 cm³/mol. The Bertz CT molecular complexity index is 456. The van der Waals surface area contributed by atoms with E-state index in [4.69, 9.17) is 15.7 Å². The molecule has 1 spiro atoms. The van der Waals surface area contributed by atoms with E-state index in [1.165, 1.54) is 11.8 Å². The Morgan fingerprint density at radius 1 is 1.47 bits per heavy atom. The van der Waals surface area contributed by atoms with E-state index in [0.717, 1.165) is 5.75 Å². The summed E-state index contributed by atoms with van der Waals surface area (Å²) in [5, 5.41) is 17.5. The minimum Gasteiger partial charge on any atom is -0.386 e. The summed E-state index contributed by atoms with van der Waals surface area (Å²) in [7, 11) is 0. The molecule has 3 rings (SSSR count). The Morgan fingerprint density at radius 2 is 2.27 bits per heavy atom. The van der Waals surface area contributed by atoms with Gasteiger partial charge in [-0.1, -0.05) is 11.8 Å². The lowest BCUT2D eigenvalue weighted by molar-refractivity contribution is 0.0220. The molecule has 1 saturated carbocycles. The van der Waals surface area contributed by atoms with E-state index in [9.17, 15) is 5.26 Å². The maximum Gasteiger partial charge on any atom is 0.230 e. The molecule has 3 unspecified atom stereocenters. The Kier molecular flexibility index (Phi) is 1.38. The van der Waals surface area contributed by atoms with E-state index >= 15 is 0 Å². The van der Waals surface area contributed by atoms with E-state index in [1.807, 2.05) is 0 Å². The third-order valence-electron chi connectivity index (χ3n) is 3.44. The molecule has 1 aliphatic carbocycles. The van der Waals surface area contributed by atoms with Gasteiger partial charge < -0.3 is 10.5 Å². The van der Waals surface area contributed by atoms with Crippen molar-refractivity contribution in [2.24, 2.45) is 21.6 Å². The fourth-order valence-corrected chi connectivity index (χ4v) is 3.82. The normalized spacial score (nSPS) is 50.7. The maximum absolute atomic E-state index is 9.28. The molecule has 0 aromatic rings. The van der Waals surface area contributed by atoms with Crippen molar-refractivity contribution in [1.82, 2.24) is 0 Å². The van der Waals surface area contributed by atoms with Gasteiger partial charge in [-0.2, -0.15) is 10.5 Å². The van der Waals surface area contributed by atoms with Crippen LogP contribution < -0.4 is 5.73 Å². The lowest BCUT2D eigenvalue weighted by Crippen LogP contribution is -2.33. The zero-order chi connectivity index (χ0) is 10.7. The van der Waals surface area contributed by atoms with Gasteiger partial charge in [-0.15, -0.1) is 0 Å². The minimum absolute atomic E-state index is 0.265. The minimum atomic E-state index is -0.901. The lowest BCUT2D eigenvalue weighted by atomic mass is 9.95. The van der Waals surface area contributed by atoms with Crippen molar-refractivity contribution in [2.45, 2.75) is 11.5 Å². The van der Waals surface area contributed by atoms with Crippen molar-refractivity contribution in [3.63, 3.8) is 0 Å². The number of thioether (sulfide) groups is 1. The third kappa shape index (κ3) is 0.676. The first-order valence-corrected chi connectivity index (χ1v) is 5.61. The van der Waals surface area contributed by atoms with Gasteiger partial charge in [-0.25, -0.2) is 4.99 Å². The average molecular weight is 220 g/mol. The van der Waals surface area contributed by atoms with Crippen molar-refractivity contribution in [3.05, 3.63) is 0 Å². The van der Waals surface area contributed by atoms with Crippen LogP contribution in [0.15, 0.2) is 4.99 Å². The first-order chi connectivity index (χ1) is 7.16. The highest BCUT2D eigenvalue weighted by molar-refractivity contribution is 8.00. The van der Waals surface area contributed by atoms with Crippen LogP contribution in [0.1, 0.15) is 6.42 Å². The molecule has 0 bridgehead atoms. The van der Waals surface area contributed by atoms with Crippen LogP contribution in [-0.4, -0.2) is 23.3 Å². The zero-order valence-electron chi connectivity index (χ0n) is 7.86. The van der Waals surface area contributed by atoms with Crippen molar-refractivity contribution >= 4 is 17.6 Å². The van der Waals surface area contributed by atoms with E-state index in [1.54, 1.807) is 0 Å². The second-order valence-electron chi connectivity index (χ2n) is 3.99. The first kappa shape index (κ1) is 9.02. The van der Waals surface area contributed by atoms with E-state index < -0.39 is 15.9 Å². The number of amidine groups is 1. The van der Waals surface area contributed by atoms with E-state index in [2.05, 4.69) is 17.1 Å². The van der Waals surface area contributed by atoms with Gasteiger partial charge in [0.25, 0.3) is 0 Å². The summed E-state index contributed by atoms with van der Waals surface area (Å²) in [4.78, 5) is 4.23. The molecule has 0 aromatic carbocycles. The van der Waals surface area contributed by atoms with Gasteiger partial charge in [0.1, 0.15) is 16.7 Å². The highest BCUT2D eigenvalue weighted by atomic mass is 32.2. The number of ether oxygens (including phenoxy) is 1. The zero-order valence-corrected chi connectivity index (χ0v) is 8.67. The Hall–Kier alpha value is -1.24. The number of nitrogens with two attached hydrogens (primary N) is 1. The Labute approximate surface area is 90.9 Å². The summed E-state index contributed by atoms with van der Waals surface area (Å²) in [5.74, 6) is 1.06. The molecule has 0 aromatic heterocycles. The van der Waals surface area contributed by atoms with Crippen LogP contribution in [0.5, 0.6) is 0 Å². The molecular formula is C9H8N4OS. The molecule has 6 heteroatoms. The van der Waals surface area contributed by atoms with Gasteiger partial charge in [0.15, 0.2) is 0 Å². The van der Waals surface area contributed by atoms with Gasteiger partial charge in [-0.05, 0) is 0 Å². The van der Waals surface area contributed by atoms with Crippen LogP contribution in [0, 0.1) is 33.5 Å². The van der Waals surface area contributed by atoms with Gasteiger partial charge in [-0.3, -0.25) is 0 Å². The number of rotatable bonds is 0. The van der Waals surface area contributed by atoms with Crippen LogP contribution in [-0.2, 0) is 4.74 Å². The second kappa shape index (κ2) is 2.29. The maximum atomic E-state index is 9.28. The quantitative estimate of drug-likeness (QED) is 0.629. The summed E-state index contributed by atoms with van der Waals surface area (Å²) >= 11 is 1.48. The molecule has 2 aliphatic heterocycles. The standard InChI is InChI=1S/C9H8N4OS/c10-4-7-3-8(7,5-11)9(13-6(7)12)14-1-2-15-9/h1-3H2,(H2,12,13). The summed E-state index contributed by atoms with van der Waals surface area (Å²) < 4.78 is 5.57. The average Bonchev–Trinajstić information content (AvgIpc) is 2.67. The van der Waals surface area contributed by atoms with Crippen molar-refractivity contribution in [3.8, 4) is 12.1 Å². The molecular weight excluding hydrogens is 212 g/mol. The molecule has 0 radical (unpaired) electrons. The van der Waals surface area contributed by atoms with Gasteiger partial charge in [0.05, 0.1) is 18.7 Å². The molecule has 0 amide bonds. The molecule has 1 saturated heterocycles. The largest absolute Gasteiger partial charge is 0.386 e. The van der Waals surface area contributed by atoms with Crippen LogP contribution in [0.2, 0.25) is 0 Å². The topological polar surface area (TPSA) is 95.2 Å². The first-order valence-electron chi connectivity index (χ1n) is 4.63. The van der Waals surface area contributed by atoms with Crippen molar-refractivity contribution in [2.75, 3.05) is 12.4 Å². The number of nitrogens with zero attached hydrogens (tertiary/aromatic N) is 3. The number of nitriles is 2. The van der Waals surface area contributed by atoms with Crippen LogP contribution in [0.3, 0.4) is 0 Å². The molecule has 2 heterocycles. The highest BCUT2D eigenvalue weighted by Crippen LogP contribution is 2.76. The summed E-state index contributed by atoms with van der Waals surface area (Å²) in [5.41, 5.74) is 4.03. The van der Waals surface area contributed by atoms with Crippen molar-refractivity contribution in [1.29, 1.82) is 10.5 Å². The molecule has 2 N–H and O–H groups in total. The smallest absolute Gasteiger partial charge is 0.230 e. The number of hydrogen-bond donors (Lipinski definition) is 1. The third-order valence-corrected chi connectivity index (χ3v) is 4.76. The SMILES string of the molecule is N#CC12CC1(C#N)C1(N=C2N)OCCS1. The lowest BCUT2D eigenvalue weighted by Gasteiger charge is -2.24. The molecule has 3 atom stereocenters. The predicted octanol–water partition coefficient (Wildman–Crippen LogP) is 0.198. The van der Waals surface area contributed by atoms with Gasteiger partial charge >= 0.3 is 0 Å². The molecule has 2 fully saturated rings. The van der Waals surface area contributed by atoms with Crippen LogP contribution >= 0.6 is 11.8 Å². The van der Waals surface area contributed by atoms with Crippen LogP contribution in [0.4, 0.5) is 0 Å². The van der Waals surface area contributed by atoms with Crippen LogP contribution in [0.25, 0.3) is 0 Å². The Morgan fingerprint density at radius 3 is 2.73 bits per heavy atom. The fourth-order valence-electron chi connectivity index (χ4n) is 2.50. The number of aliphatic imine (C=N–C) groups is 1. The summed E-state index contributed by atoms with van der Waals surface area (Å²) in [6.45, 7) is 0.562. The monoisotopic (exact) mass is 220 g/mol. The summed E-state index contributed by atoms with van der Waals surface area (Å²) in [6.07, 6.45) is 0.454. The fraction of sp³-hybridized carbons (Fsp3) is 0.667. The number of hydrogen-bond acceptors (Lipinski definition) is 6. The summed E-state index contributed by atoms with van der Waals surface area (Å²) in [6, 6.07) is 4.34. The molecule has 76 valence electrons. The van der Waals surface area contributed by atoms with Crippen molar-refractivity contribution < 1.29 is 4.74 Å². The highest BCUT2D eigenvalue weighted by Gasteiger charge is 2.86. The molecule has 3 aliphatic rings. The van der Waals surface area contributed by atoms with E-state index in [-0.39, 0.29) is 5.84 Å². The number of fused-ring (bicyclic) bond motifs is 2. The Balaban J connectivity index is 2.17. The van der Waals surface area contributed by atoms with Gasteiger partial charge in [0, 0.05) is 12.2 Å².